The van der Waals surface area contributed by atoms with Crippen molar-refractivity contribution < 1.29 is 23.1 Å². The van der Waals surface area contributed by atoms with E-state index in [0.29, 0.717) is 42.9 Å². The fraction of sp³-hybridized carbons (Fsp3) is 0.500. The number of benzene rings is 1. The Labute approximate surface area is 235 Å². The monoisotopic (exact) mass is 574 g/mol. The number of carbonyl (C=O) groups is 1. The molecule has 214 valence electrons. The van der Waals surface area contributed by atoms with Gasteiger partial charge >= 0.3 is 6.18 Å². The topological polar surface area (TPSA) is 103 Å². The van der Waals surface area contributed by atoms with Crippen molar-refractivity contribution in [1.29, 1.82) is 0 Å². The molecular weight excluding hydrogens is 541 g/mol. The summed E-state index contributed by atoms with van der Waals surface area (Å²) in [6.45, 7) is 5.63. The van der Waals surface area contributed by atoms with Crippen LogP contribution in [0.4, 0.5) is 24.8 Å². The van der Waals surface area contributed by atoms with Crippen molar-refractivity contribution >= 4 is 28.9 Å². The summed E-state index contributed by atoms with van der Waals surface area (Å²) in [6, 6.07) is 6.36. The number of alkyl halides is 3. The molecule has 0 spiro atoms. The molecule has 1 aliphatic carbocycles. The largest absolute Gasteiger partial charge is 0.433 e. The molecule has 1 saturated carbocycles. The van der Waals surface area contributed by atoms with E-state index in [4.69, 9.17) is 0 Å². The molecule has 2 aromatic heterocycles. The van der Waals surface area contributed by atoms with Gasteiger partial charge in [-0.2, -0.15) is 13.2 Å². The van der Waals surface area contributed by atoms with Crippen LogP contribution >= 0.6 is 11.3 Å². The molecule has 2 aliphatic rings. The number of amides is 1. The first-order chi connectivity index (χ1) is 19.1. The fourth-order valence-corrected chi connectivity index (χ4v) is 6.43. The van der Waals surface area contributed by atoms with Crippen molar-refractivity contribution in [2.24, 2.45) is 5.92 Å². The number of halogens is 3. The summed E-state index contributed by atoms with van der Waals surface area (Å²) in [5, 5.41) is 17.9. The summed E-state index contributed by atoms with van der Waals surface area (Å²) in [7, 11) is 0. The first-order valence-electron chi connectivity index (χ1n) is 13.6. The van der Waals surface area contributed by atoms with E-state index in [9.17, 15) is 23.1 Å². The summed E-state index contributed by atoms with van der Waals surface area (Å²) in [5.41, 5.74) is 0.128. The van der Waals surface area contributed by atoms with Gasteiger partial charge in [-0.1, -0.05) is 6.07 Å². The Bertz CT molecular complexity index is 1330. The van der Waals surface area contributed by atoms with Crippen LogP contribution in [-0.2, 0) is 16.6 Å². The molecule has 3 heterocycles. The van der Waals surface area contributed by atoms with E-state index < -0.39 is 17.5 Å². The number of likely N-dealkylation sites (tertiary alicyclic amines) is 1. The van der Waals surface area contributed by atoms with Gasteiger partial charge in [0.2, 0.25) is 11.9 Å². The van der Waals surface area contributed by atoms with Crippen LogP contribution in [0.3, 0.4) is 0 Å². The van der Waals surface area contributed by atoms with E-state index in [1.807, 2.05) is 13.0 Å². The number of thiazole rings is 1. The van der Waals surface area contributed by atoms with Crippen molar-refractivity contribution in [2.75, 3.05) is 31.5 Å². The van der Waals surface area contributed by atoms with Gasteiger partial charge in [0.25, 0.3) is 0 Å². The number of hydrogen-bond acceptors (Lipinski definition) is 8. The minimum Gasteiger partial charge on any atom is -0.383 e. The quantitative estimate of drug-likeness (QED) is 0.337. The van der Waals surface area contributed by atoms with Crippen LogP contribution in [0.15, 0.2) is 36.7 Å². The molecule has 40 heavy (non-hydrogen) atoms. The molecule has 8 nitrogen and oxygen atoms in total. The average molecular weight is 575 g/mol. The van der Waals surface area contributed by atoms with Gasteiger partial charge in [-0.15, -0.1) is 11.3 Å². The van der Waals surface area contributed by atoms with Gasteiger partial charge in [-0.05, 0) is 87.9 Å². The molecule has 3 N–H and O–H groups in total. The maximum Gasteiger partial charge on any atom is 0.433 e. The van der Waals surface area contributed by atoms with Crippen molar-refractivity contribution in [2.45, 2.75) is 57.2 Å². The SMILES string of the molecule is Cc1cc(Nc2nccc(C(F)(F)F)n2)cc(-c2cnc(C3(O)CCC(C(=O)NCCN4CCCC4)CC3)s2)c1. The van der Waals surface area contributed by atoms with Crippen LogP contribution < -0.4 is 10.6 Å². The van der Waals surface area contributed by atoms with Gasteiger partial charge in [0, 0.05) is 37.1 Å². The standard InChI is InChI=1S/C28H33F3N6O2S/c1-18-14-20(16-21(15-18)35-26-33-9-6-23(36-26)28(29,30)31)22-17-34-25(40-22)27(39)7-4-19(5-8-27)24(38)32-10-13-37-11-2-3-12-37/h6,9,14-17,19,39H,2-5,7-8,10-13H2,1H3,(H,32,38)(H,33,35,36). The predicted octanol–water partition coefficient (Wildman–Crippen LogP) is 5.26. The number of carbonyl (C=O) groups excluding carboxylic acids is 1. The summed E-state index contributed by atoms with van der Waals surface area (Å²) in [5.74, 6) is -0.199. The second-order valence-electron chi connectivity index (χ2n) is 10.7. The molecule has 0 bridgehead atoms. The average Bonchev–Trinajstić information content (AvgIpc) is 3.62. The summed E-state index contributed by atoms with van der Waals surface area (Å²) >= 11 is 1.38. The lowest BCUT2D eigenvalue weighted by Crippen LogP contribution is -2.40. The van der Waals surface area contributed by atoms with E-state index >= 15 is 0 Å². The van der Waals surface area contributed by atoms with Crippen LogP contribution in [0.5, 0.6) is 0 Å². The number of rotatable bonds is 8. The number of aryl methyl sites for hydroxylation is 1. The third-order valence-electron chi connectivity index (χ3n) is 7.58. The summed E-state index contributed by atoms with van der Waals surface area (Å²) in [6.07, 6.45) is 2.76. The van der Waals surface area contributed by atoms with Crippen molar-refractivity contribution in [3.8, 4) is 10.4 Å². The van der Waals surface area contributed by atoms with E-state index in [2.05, 4.69) is 30.5 Å². The van der Waals surface area contributed by atoms with Gasteiger partial charge in [-0.25, -0.2) is 15.0 Å². The lowest BCUT2D eigenvalue weighted by molar-refractivity contribution is -0.141. The molecule has 0 atom stereocenters. The Morgan fingerprint density at radius 1 is 1.18 bits per heavy atom. The van der Waals surface area contributed by atoms with Crippen LogP contribution in [0, 0.1) is 12.8 Å². The van der Waals surface area contributed by atoms with Gasteiger partial charge in [0.15, 0.2) is 0 Å². The van der Waals surface area contributed by atoms with Crippen molar-refractivity contribution in [3.63, 3.8) is 0 Å². The van der Waals surface area contributed by atoms with E-state index in [1.165, 1.54) is 24.2 Å². The molecule has 12 heteroatoms. The number of aromatic nitrogens is 3. The third-order valence-corrected chi connectivity index (χ3v) is 8.82. The highest BCUT2D eigenvalue weighted by Gasteiger charge is 2.39. The summed E-state index contributed by atoms with van der Waals surface area (Å²) < 4.78 is 39.1. The minimum absolute atomic E-state index is 0.0608. The number of nitrogens with one attached hydrogen (secondary N) is 2. The Hall–Kier alpha value is -3.09. The minimum atomic E-state index is -4.56. The second-order valence-corrected chi connectivity index (χ2v) is 11.7. The normalized spacial score (nSPS) is 21.9. The lowest BCUT2D eigenvalue weighted by Gasteiger charge is -2.34. The van der Waals surface area contributed by atoms with Gasteiger partial charge < -0.3 is 20.6 Å². The highest BCUT2D eigenvalue weighted by atomic mass is 32.1. The molecule has 5 rings (SSSR count). The molecule has 3 aromatic rings. The van der Waals surface area contributed by atoms with E-state index in [-0.39, 0.29) is 17.8 Å². The molecule has 1 saturated heterocycles. The fourth-order valence-electron chi connectivity index (χ4n) is 5.39. The maximum atomic E-state index is 13.0. The first kappa shape index (κ1) is 28.4. The molecule has 2 fully saturated rings. The van der Waals surface area contributed by atoms with Crippen LogP contribution in [0.25, 0.3) is 10.4 Å². The Morgan fingerprint density at radius 2 is 1.93 bits per heavy atom. The van der Waals surface area contributed by atoms with Gasteiger partial charge in [0.05, 0.1) is 4.88 Å². The zero-order valence-electron chi connectivity index (χ0n) is 22.3. The molecule has 1 aromatic carbocycles. The van der Waals surface area contributed by atoms with E-state index in [0.717, 1.165) is 47.9 Å². The van der Waals surface area contributed by atoms with Crippen LogP contribution in [0.1, 0.15) is 54.8 Å². The highest BCUT2D eigenvalue weighted by molar-refractivity contribution is 7.15. The second kappa shape index (κ2) is 11.8. The van der Waals surface area contributed by atoms with Crippen LogP contribution in [0.2, 0.25) is 0 Å². The zero-order chi connectivity index (χ0) is 28.3. The number of hydrogen-bond donors (Lipinski definition) is 3. The Morgan fingerprint density at radius 3 is 2.65 bits per heavy atom. The zero-order valence-corrected chi connectivity index (χ0v) is 23.1. The molecule has 0 radical (unpaired) electrons. The lowest BCUT2D eigenvalue weighted by atomic mass is 9.78. The third kappa shape index (κ3) is 6.79. The maximum absolute atomic E-state index is 13.0. The van der Waals surface area contributed by atoms with Gasteiger partial charge in [-0.3, -0.25) is 4.79 Å². The van der Waals surface area contributed by atoms with Crippen molar-refractivity contribution in [3.05, 3.63) is 52.9 Å². The number of anilines is 2. The van der Waals surface area contributed by atoms with Gasteiger partial charge in [0.1, 0.15) is 16.3 Å². The highest BCUT2D eigenvalue weighted by Crippen LogP contribution is 2.43. The predicted molar refractivity (Wildman–Crippen MR) is 147 cm³/mol. The number of aliphatic hydroxyl groups is 1. The van der Waals surface area contributed by atoms with E-state index in [1.54, 1.807) is 18.3 Å². The Kier molecular flexibility index (Phi) is 8.39. The molecule has 1 amide bonds. The molecule has 1 aliphatic heterocycles. The first-order valence-corrected chi connectivity index (χ1v) is 14.4. The molecule has 0 unspecified atom stereocenters. The smallest absolute Gasteiger partial charge is 0.383 e. The van der Waals surface area contributed by atoms with Crippen LogP contribution in [-0.4, -0.2) is 57.0 Å². The van der Waals surface area contributed by atoms with Crippen molar-refractivity contribution in [1.82, 2.24) is 25.2 Å². The Balaban J connectivity index is 1.21. The number of nitrogens with zero attached hydrogens (tertiary/aromatic N) is 4. The summed E-state index contributed by atoms with van der Waals surface area (Å²) in [4.78, 5) is 27.9. The molecular formula is C28H33F3N6O2S.